The fourth-order valence-electron chi connectivity index (χ4n) is 2.54. The second kappa shape index (κ2) is 4.77. The SMILES string of the molecule is c1ccc(Cc2nnc(C3(c4cnccn4)CC3)o2)cc1. The third-order valence-corrected chi connectivity index (χ3v) is 3.88. The first-order valence-corrected chi connectivity index (χ1v) is 7.00. The standard InChI is InChI=1S/C16H14N4O/c1-2-4-12(5-3-1)10-14-19-20-15(21-14)16(6-7-16)13-11-17-8-9-18-13/h1-5,8-9,11H,6-7,10H2. The summed E-state index contributed by atoms with van der Waals surface area (Å²) >= 11 is 0. The van der Waals surface area contributed by atoms with Crippen LogP contribution in [0.1, 0.15) is 35.9 Å². The molecule has 1 fully saturated rings. The van der Waals surface area contributed by atoms with Crippen LogP contribution in [-0.2, 0) is 11.8 Å². The molecule has 3 aromatic rings. The van der Waals surface area contributed by atoms with Crippen molar-refractivity contribution in [2.24, 2.45) is 0 Å². The maximum Gasteiger partial charge on any atom is 0.228 e. The molecule has 5 heteroatoms. The lowest BCUT2D eigenvalue weighted by Gasteiger charge is -2.08. The fraction of sp³-hybridized carbons (Fsp3) is 0.250. The minimum absolute atomic E-state index is 0.212. The molecular formula is C16H14N4O. The summed E-state index contributed by atoms with van der Waals surface area (Å²) in [6.07, 6.45) is 7.79. The minimum atomic E-state index is -0.212. The first-order valence-electron chi connectivity index (χ1n) is 7.00. The van der Waals surface area contributed by atoms with Gasteiger partial charge in [-0.2, -0.15) is 0 Å². The van der Waals surface area contributed by atoms with Crippen molar-refractivity contribution in [3.05, 3.63) is 72.0 Å². The highest BCUT2D eigenvalue weighted by molar-refractivity contribution is 5.31. The fourth-order valence-corrected chi connectivity index (χ4v) is 2.54. The van der Waals surface area contributed by atoms with E-state index in [2.05, 4.69) is 32.3 Å². The molecule has 0 atom stereocenters. The second-order valence-electron chi connectivity index (χ2n) is 5.34. The molecule has 1 aliphatic rings. The predicted molar refractivity (Wildman–Crippen MR) is 75.6 cm³/mol. The molecule has 0 N–H and O–H groups in total. The maximum atomic E-state index is 5.88. The molecule has 1 aliphatic carbocycles. The molecule has 0 bridgehead atoms. The summed E-state index contributed by atoms with van der Waals surface area (Å²) in [4.78, 5) is 8.53. The van der Waals surface area contributed by atoms with E-state index < -0.39 is 0 Å². The van der Waals surface area contributed by atoms with Gasteiger partial charge in [0.1, 0.15) is 0 Å². The van der Waals surface area contributed by atoms with E-state index in [1.54, 1.807) is 18.6 Å². The Morgan fingerprint density at radius 1 is 1.05 bits per heavy atom. The predicted octanol–water partition coefficient (Wildman–Crippen LogP) is 2.53. The van der Waals surface area contributed by atoms with Crippen LogP contribution in [0.25, 0.3) is 0 Å². The van der Waals surface area contributed by atoms with E-state index in [9.17, 15) is 0 Å². The van der Waals surface area contributed by atoms with E-state index in [0.29, 0.717) is 18.2 Å². The summed E-state index contributed by atoms with van der Waals surface area (Å²) in [6.45, 7) is 0. The van der Waals surface area contributed by atoms with Gasteiger partial charge < -0.3 is 4.42 Å². The first kappa shape index (κ1) is 12.2. The van der Waals surface area contributed by atoms with Gasteiger partial charge in [0.2, 0.25) is 11.8 Å². The van der Waals surface area contributed by atoms with Crippen LogP contribution in [0, 0.1) is 0 Å². The van der Waals surface area contributed by atoms with Gasteiger partial charge in [-0.1, -0.05) is 30.3 Å². The molecule has 104 valence electrons. The van der Waals surface area contributed by atoms with E-state index in [0.717, 1.165) is 24.1 Å². The van der Waals surface area contributed by atoms with E-state index in [4.69, 9.17) is 4.42 Å². The Morgan fingerprint density at radius 3 is 2.62 bits per heavy atom. The summed E-state index contributed by atoms with van der Waals surface area (Å²) in [5.41, 5.74) is 1.87. The Balaban J connectivity index is 1.60. The molecule has 0 aliphatic heterocycles. The topological polar surface area (TPSA) is 64.7 Å². The van der Waals surface area contributed by atoms with Gasteiger partial charge in [-0.15, -0.1) is 10.2 Å². The van der Waals surface area contributed by atoms with Gasteiger partial charge in [0.25, 0.3) is 0 Å². The Morgan fingerprint density at radius 2 is 1.90 bits per heavy atom. The lowest BCUT2D eigenvalue weighted by Crippen LogP contribution is -2.11. The summed E-state index contributed by atoms with van der Waals surface area (Å²) < 4.78 is 5.88. The van der Waals surface area contributed by atoms with Crippen molar-refractivity contribution in [2.75, 3.05) is 0 Å². The first-order chi connectivity index (χ1) is 10.4. The second-order valence-corrected chi connectivity index (χ2v) is 5.34. The normalized spacial score (nSPS) is 15.8. The van der Waals surface area contributed by atoms with Crippen LogP contribution in [-0.4, -0.2) is 20.2 Å². The maximum absolute atomic E-state index is 5.88. The highest BCUT2D eigenvalue weighted by Crippen LogP contribution is 2.51. The van der Waals surface area contributed by atoms with Gasteiger partial charge in [0.05, 0.1) is 17.5 Å². The van der Waals surface area contributed by atoms with Crippen molar-refractivity contribution in [3.8, 4) is 0 Å². The smallest absolute Gasteiger partial charge is 0.228 e. The highest BCUT2D eigenvalue weighted by Gasteiger charge is 2.52. The third-order valence-electron chi connectivity index (χ3n) is 3.88. The third kappa shape index (κ3) is 2.20. The van der Waals surface area contributed by atoms with Crippen molar-refractivity contribution in [1.82, 2.24) is 20.2 Å². The quantitative estimate of drug-likeness (QED) is 0.733. The van der Waals surface area contributed by atoms with Crippen LogP contribution in [0.3, 0.4) is 0 Å². The van der Waals surface area contributed by atoms with Crippen LogP contribution < -0.4 is 0 Å². The molecule has 1 aromatic carbocycles. The summed E-state index contributed by atoms with van der Waals surface area (Å²) in [5.74, 6) is 1.31. The molecule has 2 heterocycles. The molecule has 2 aromatic heterocycles. The lowest BCUT2D eigenvalue weighted by atomic mass is 10.0. The van der Waals surface area contributed by atoms with E-state index in [1.807, 2.05) is 18.2 Å². The Hall–Kier alpha value is -2.56. The van der Waals surface area contributed by atoms with Crippen molar-refractivity contribution in [3.63, 3.8) is 0 Å². The molecule has 1 saturated carbocycles. The van der Waals surface area contributed by atoms with Crippen LogP contribution in [0.5, 0.6) is 0 Å². The van der Waals surface area contributed by atoms with Crippen molar-refractivity contribution in [2.45, 2.75) is 24.7 Å². The number of hydrogen-bond acceptors (Lipinski definition) is 5. The molecule has 21 heavy (non-hydrogen) atoms. The van der Waals surface area contributed by atoms with Gasteiger partial charge in [-0.25, -0.2) is 0 Å². The van der Waals surface area contributed by atoms with E-state index in [1.165, 1.54) is 0 Å². The molecule has 5 nitrogen and oxygen atoms in total. The molecular weight excluding hydrogens is 264 g/mol. The average Bonchev–Trinajstić information content (AvgIpc) is 3.23. The largest absolute Gasteiger partial charge is 0.424 e. The van der Waals surface area contributed by atoms with Crippen LogP contribution in [0.15, 0.2) is 53.3 Å². The molecule has 0 amide bonds. The van der Waals surface area contributed by atoms with E-state index in [-0.39, 0.29) is 5.41 Å². The Kier molecular flexibility index (Phi) is 2.77. The molecule has 0 spiro atoms. The van der Waals surface area contributed by atoms with Crippen LogP contribution in [0.2, 0.25) is 0 Å². The van der Waals surface area contributed by atoms with Crippen molar-refractivity contribution < 1.29 is 4.42 Å². The van der Waals surface area contributed by atoms with Crippen molar-refractivity contribution in [1.29, 1.82) is 0 Å². The Bertz CT molecular complexity index is 735. The summed E-state index contributed by atoms with van der Waals surface area (Å²) in [5, 5.41) is 8.42. The van der Waals surface area contributed by atoms with Crippen molar-refractivity contribution >= 4 is 0 Å². The number of benzene rings is 1. The van der Waals surface area contributed by atoms with Gasteiger partial charge in [-0.3, -0.25) is 9.97 Å². The monoisotopic (exact) mass is 278 g/mol. The summed E-state index contributed by atoms with van der Waals surface area (Å²) in [6, 6.07) is 10.1. The molecule has 0 saturated heterocycles. The summed E-state index contributed by atoms with van der Waals surface area (Å²) in [7, 11) is 0. The number of aromatic nitrogens is 4. The number of nitrogens with zero attached hydrogens (tertiary/aromatic N) is 4. The van der Waals surface area contributed by atoms with Gasteiger partial charge in [-0.05, 0) is 18.4 Å². The van der Waals surface area contributed by atoms with Crippen LogP contribution >= 0.6 is 0 Å². The lowest BCUT2D eigenvalue weighted by molar-refractivity contribution is 0.428. The van der Waals surface area contributed by atoms with Crippen LogP contribution in [0.4, 0.5) is 0 Å². The van der Waals surface area contributed by atoms with Gasteiger partial charge in [0.15, 0.2) is 0 Å². The Labute approximate surface area is 122 Å². The zero-order valence-electron chi connectivity index (χ0n) is 11.4. The van der Waals surface area contributed by atoms with E-state index >= 15 is 0 Å². The minimum Gasteiger partial charge on any atom is -0.424 e. The zero-order valence-corrected chi connectivity index (χ0v) is 11.4. The van der Waals surface area contributed by atoms with Gasteiger partial charge >= 0.3 is 0 Å². The number of rotatable bonds is 4. The molecule has 0 radical (unpaired) electrons. The highest BCUT2D eigenvalue weighted by atomic mass is 16.4. The number of hydrogen-bond donors (Lipinski definition) is 0. The molecule has 0 unspecified atom stereocenters. The average molecular weight is 278 g/mol. The zero-order chi connectivity index (χ0) is 14.1. The molecule has 4 rings (SSSR count). The van der Waals surface area contributed by atoms with Gasteiger partial charge in [0, 0.05) is 18.6 Å².